The predicted molar refractivity (Wildman–Crippen MR) is 81.0 cm³/mol. The fourth-order valence-corrected chi connectivity index (χ4v) is 2.11. The molecule has 24 heavy (non-hydrogen) atoms. The molecule has 3 N–H and O–H groups in total. The van der Waals surface area contributed by atoms with Crippen molar-refractivity contribution in [3.8, 4) is 0 Å². The molecular weight excluding hydrogens is 327 g/mol. The average Bonchev–Trinajstić information content (AvgIpc) is 2.51. The summed E-state index contributed by atoms with van der Waals surface area (Å²) in [7, 11) is 1.39. The molecule has 0 bridgehead atoms. The van der Waals surface area contributed by atoms with E-state index in [2.05, 4.69) is 10.6 Å². The first-order valence-electron chi connectivity index (χ1n) is 7.22. The third-order valence-electron chi connectivity index (χ3n) is 3.13. The van der Waals surface area contributed by atoms with E-state index in [1.54, 1.807) is 30.3 Å². The number of aliphatic hydroxyl groups excluding tert-OH is 1. The van der Waals surface area contributed by atoms with E-state index in [9.17, 15) is 22.8 Å². The number of nitrogens with zero attached hydrogens (tertiary/aromatic N) is 1. The zero-order valence-electron chi connectivity index (χ0n) is 13.1. The van der Waals surface area contributed by atoms with Gasteiger partial charge in [0.1, 0.15) is 6.04 Å². The number of amides is 2. The van der Waals surface area contributed by atoms with Crippen LogP contribution >= 0.6 is 0 Å². The molecule has 1 aromatic rings. The molecule has 0 saturated carbocycles. The summed E-state index contributed by atoms with van der Waals surface area (Å²) < 4.78 is 37.4. The highest BCUT2D eigenvalue weighted by Crippen LogP contribution is 2.16. The van der Waals surface area contributed by atoms with E-state index in [4.69, 9.17) is 5.11 Å². The number of likely N-dealkylation sites (N-methyl/N-ethyl adjacent to an activating group) is 1. The SMILES string of the molecule is CNC(=O)C(NC(=O)CN(CCO)CC(F)(F)F)c1ccccc1. The third-order valence-corrected chi connectivity index (χ3v) is 3.13. The first-order valence-corrected chi connectivity index (χ1v) is 7.22. The highest BCUT2D eigenvalue weighted by Gasteiger charge is 2.32. The number of nitrogens with one attached hydrogen (secondary N) is 2. The van der Waals surface area contributed by atoms with E-state index in [1.807, 2.05) is 0 Å². The summed E-state index contributed by atoms with van der Waals surface area (Å²) in [6, 6.07) is 7.34. The molecule has 2 amide bonds. The van der Waals surface area contributed by atoms with Crippen molar-refractivity contribution in [3.63, 3.8) is 0 Å². The Bertz CT molecular complexity index is 538. The normalized spacial score (nSPS) is 12.8. The highest BCUT2D eigenvalue weighted by molar-refractivity contribution is 5.89. The van der Waals surface area contributed by atoms with Crippen molar-refractivity contribution < 1.29 is 27.9 Å². The van der Waals surface area contributed by atoms with Crippen molar-refractivity contribution in [2.45, 2.75) is 12.2 Å². The third kappa shape index (κ3) is 6.97. The standard InChI is InChI=1S/C15H20F3N3O3/c1-19-14(24)13(11-5-3-2-4-6-11)20-12(23)9-21(7-8-22)10-15(16,17)18/h2-6,13,22H,7-10H2,1H3,(H,19,24)(H,20,23). The summed E-state index contributed by atoms with van der Waals surface area (Å²) >= 11 is 0. The van der Waals surface area contributed by atoms with Gasteiger partial charge in [0, 0.05) is 13.6 Å². The molecule has 1 rings (SSSR count). The maximum atomic E-state index is 12.5. The number of alkyl halides is 3. The molecule has 134 valence electrons. The molecule has 1 aromatic carbocycles. The second kappa shape index (κ2) is 9.24. The van der Waals surface area contributed by atoms with Crippen LogP contribution in [0.3, 0.4) is 0 Å². The quantitative estimate of drug-likeness (QED) is 0.638. The second-order valence-corrected chi connectivity index (χ2v) is 5.07. The largest absolute Gasteiger partial charge is 0.401 e. The first-order chi connectivity index (χ1) is 11.3. The Morgan fingerprint density at radius 3 is 2.38 bits per heavy atom. The van der Waals surface area contributed by atoms with Crippen LogP contribution in [0.1, 0.15) is 11.6 Å². The maximum absolute atomic E-state index is 12.5. The van der Waals surface area contributed by atoms with Crippen LogP contribution < -0.4 is 10.6 Å². The van der Waals surface area contributed by atoms with E-state index in [-0.39, 0.29) is 6.54 Å². The monoisotopic (exact) mass is 347 g/mol. The summed E-state index contributed by atoms with van der Waals surface area (Å²) in [6.45, 7) is -2.72. The van der Waals surface area contributed by atoms with Gasteiger partial charge in [-0.25, -0.2) is 0 Å². The van der Waals surface area contributed by atoms with E-state index in [0.29, 0.717) is 5.56 Å². The molecule has 1 atom stereocenters. The van der Waals surface area contributed by atoms with Crippen molar-refractivity contribution in [3.05, 3.63) is 35.9 Å². The summed E-state index contributed by atoms with van der Waals surface area (Å²) in [5.41, 5.74) is 0.509. The number of hydrogen-bond donors (Lipinski definition) is 3. The summed E-state index contributed by atoms with van der Waals surface area (Å²) in [6.07, 6.45) is -4.49. The van der Waals surface area contributed by atoms with Gasteiger partial charge < -0.3 is 15.7 Å². The molecule has 0 aliphatic heterocycles. The molecule has 0 fully saturated rings. The second-order valence-electron chi connectivity index (χ2n) is 5.07. The van der Waals surface area contributed by atoms with Gasteiger partial charge in [0.15, 0.2) is 0 Å². The van der Waals surface area contributed by atoms with Gasteiger partial charge in [-0.3, -0.25) is 14.5 Å². The molecule has 0 heterocycles. The molecular formula is C15H20F3N3O3. The minimum absolute atomic E-state index is 0.303. The van der Waals surface area contributed by atoms with Crippen LogP contribution in [-0.4, -0.2) is 61.3 Å². The Labute approximate surface area is 137 Å². The molecule has 9 heteroatoms. The van der Waals surface area contributed by atoms with Crippen molar-refractivity contribution in [1.82, 2.24) is 15.5 Å². The van der Waals surface area contributed by atoms with Crippen LogP contribution in [-0.2, 0) is 9.59 Å². The average molecular weight is 347 g/mol. The lowest BCUT2D eigenvalue weighted by Crippen LogP contribution is -2.46. The lowest BCUT2D eigenvalue weighted by atomic mass is 10.1. The summed E-state index contributed by atoms with van der Waals surface area (Å²) in [4.78, 5) is 24.7. The van der Waals surface area contributed by atoms with E-state index >= 15 is 0 Å². The zero-order chi connectivity index (χ0) is 18.2. The van der Waals surface area contributed by atoms with Gasteiger partial charge in [0.2, 0.25) is 11.8 Å². The number of carbonyl (C=O) groups is 2. The Morgan fingerprint density at radius 2 is 1.88 bits per heavy atom. The Morgan fingerprint density at radius 1 is 1.25 bits per heavy atom. The number of rotatable bonds is 8. The molecule has 0 saturated heterocycles. The molecule has 0 radical (unpaired) electrons. The van der Waals surface area contributed by atoms with Crippen molar-refractivity contribution in [2.75, 3.05) is 33.3 Å². The van der Waals surface area contributed by atoms with Crippen molar-refractivity contribution in [1.29, 1.82) is 0 Å². The minimum atomic E-state index is -4.49. The van der Waals surface area contributed by atoms with E-state index in [1.165, 1.54) is 7.05 Å². The number of aliphatic hydroxyl groups is 1. The van der Waals surface area contributed by atoms with Crippen molar-refractivity contribution >= 4 is 11.8 Å². The van der Waals surface area contributed by atoms with Gasteiger partial charge in [-0.2, -0.15) is 13.2 Å². The first kappa shape index (κ1) is 19.9. The topological polar surface area (TPSA) is 81.7 Å². The van der Waals surface area contributed by atoms with E-state index < -0.39 is 43.7 Å². The molecule has 0 spiro atoms. The predicted octanol–water partition coefficient (Wildman–Crippen LogP) is 0.446. The lowest BCUT2D eigenvalue weighted by molar-refractivity contribution is -0.150. The smallest absolute Gasteiger partial charge is 0.395 e. The van der Waals surface area contributed by atoms with Gasteiger partial charge in [0.25, 0.3) is 0 Å². The Balaban J connectivity index is 2.78. The van der Waals surface area contributed by atoms with Gasteiger partial charge >= 0.3 is 6.18 Å². The number of hydrogen-bond acceptors (Lipinski definition) is 4. The molecule has 0 aliphatic rings. The van der Waals surface area contributed by atoms with Gasteiger partial charge in [0.05, 0.1) is 19.7 Å². The van der Waals surface area contributed by atoms with Gasteiger partial charge in [-0.15, -0.1) is 0 Å². The van der Waals surface area contributed by atoms with Crippen LogP contribution in [0.5, 0.6) is 0 Å². The van der Waals surface area contributed by atoms with Crippen LogP contribution in [0, 0.1) is 0 Å². The van der Waals surface area contributed by atoms with Crippen LogP contribution in [0.25, 0.3) is 0 Å². The van der Waals surface area contributed by atoms with Gasteiger partial charge in [-0.1, -0.05) is 30.3 Å². The van der Waals surface area contributed by atoms with Crippen LogP contribution in [0.4, 0.5) is 13.2 Å². The van der Waals surface area contributed by atoms with Crippen LogP contribution in [0.2, 0.25) is 0 Å². The fourth-order valence-electron chi connectivity index (χ4n) is 2.11. The minimum Gasteiger partial charge on any atom is -0.395 e. The fraction of sp³-hybridized carbons (Fsp3) is 0.467. The lowest BCUT2D eigenvalue weighted by Gasteiger charge is -2.24. The van der Waals surface area contributed by atoms with Gasteiger partial charge in [-0.05, 0) is 5.56 Å². The molecule has 0 aromatic heterocycles. The summed E-state index contributed by atoms with van der Waals surface area (Å²) in [5.74, 6) is -1.23. The Kier molecular flexibility index (Phi) is 7.66. The molecule has 6 nitrogen and oxygen atoms in total. The number of benzene rings is 1. The zero-order valence-corrected chi connectivity index (χ0v) is 13.1. The Hall–Kier alpha value is -2.13. The molecule has 1 unspecified atom stereocenters. The van der Waals surface area contributed by atoms with Crippen molar-refractivity contribution in [2.24, 2.45) is 0 Å². The number of carbonyl (C=O) groups excluding carboxylic acids is 2. The summed E-state index contributed by atoms with van der Waals surface area (Å²) in [5, 5.41) is 13.6. The maximum Gasteiger partial charge on any atom is 0.401 e. The number of halogens is 3. The molecule has 0 aliphatic carbocycles. The highest BCUT2D eigenvalue weighted by atomic mass is 19.4. The van der Waals surface area contributed by atoms with Crippen LogP contribution in [0.15, 0.2) is 30.3 Å². The van der Waals surface area contributed by atoms with E-state index in [0.717, 1.165) is 4.90 Å².